The molecule has 0 fully saturated rings. The van der Waals surface area contributed by atoms with Crippen LogP contribution >= 0.6 is 0 Å². The average Bonchev–Trinajstić information content (AvgIpc) is 2.40. The summed E-state index contributed by atoms with van der Waals surface area (Å²) in [5.74, 6) is 0.319. The lowest BCUT2D eigenvalue weighted by atomic mass is 10.1. The van der Waals surface area contributed by atoms with E-state index >= 15 is 0 Å². The molecule has 0 aromatic heterocycles. The molecule has 2 amide bonds. The summed E-state index contributed by atoms with van der Waals surface area (Å²) >= 11 is 0. The first-order chi connectivity index (χ1) is 9.93. The van der Waals surface area contributed by atoms with Gasteiger partial charge in [-0.25, -0.2) is 0 Å². The van der Waals surface area contributed by atoms with E-state index in [2.05, 4.69) is 10.6 Å². The standard InChI is InChI=1S/C16H24N2O3/c1-5-17-16(20)12(4)18-15(19)10-13-8-6-7-9-14(13)21-11(2)3/h6-9,11-12H,5,10H2,1-4H3,(H,17,20)(H,18,19)/t12-/m1/s1. The molecule has 0 aliphatic carbocycles. The summed E-state index contributed by atoms with van der Waals surface area (Å²) in [5.41, 5.74) is 0.812. The minimum atomic E-state index is -0.546. The van der Waals surface area contributed by atoms with Crippen LogP contribution < -0.4 is 15.4 Å². The maximum absolute atomic E-state index is 12.0. The second-order valence-corrected chi connectivity index (χ2v) is 5.13. The van der Waals surface area contributed by atoms with Crippen molar-refractivity contribution in [1.29, 1.82) is 0 Å². The minimum absolute atomic E-state index is 0.0449. The fourth-order valence-electron chi connectivity index (χ4n) is 1.88. The van der Waals surface area contributed by atoms with Crippen molar-refractivity contribution >= 4 is 11.8 Å². The summed E-state index contributed by atoms with van der Waals surface area (Å²) in [6.45, 7) is 7.93. The molecular formula is C16H24N2O3. The SMILES string of the molecule is CCNC(=O)[C@@H](C)NC(=O)Cc1ccccc1OC(C)C. The first-order valence-electron chi connectivity index (χ1n) is 7.25. The summed E-state index contributed by atoms with van der Waals surface area (Å²) in [4.78, 5) is 23.6. The molecule has 0 saturated carbocycles. The summed E-state index contributed by atoms with van der Waals surface area (Å²) in [6, 6.07) is 6.89. The van der Waals surface area contributed by atoms with Crippen molar-refractivity contribution in [2.75, 3.05) is 6.54 Å². The monoisotopic (exact) mass is 292 g/mol. The van der Waals surface area contributed by atoms with Crippen LogP contribution in [0, 0.1) is 0 Å². The van der Waals surface area contributed by atoms with Crippen LogP contribution in [0.1, 0.15) is 33.3 Å². The van der Waals surface area contributed by atoms with E-state index in [1.165, 1.54) is 0 Å². The predicted octanol–water partition coefficient (Wildman–Crippen LogP) is 1.66. The van der Waals surface area contributed by atoms with Crippen molar-refractivity contribution in [3.05, 3.63) is 29.8 Å². The lowest BCUT2D eigenvalue weighted by molar-refractivity contribution is -0.128. The molecule has 0 spiro atoms. The van der Waals surface area contributed by atoms with Crippen LogP contribution in [-0.4, -0.2) is 30.5 Å². The lowest BCUT2D eigenvalue weighted by Gasteiger charge is -2.16. The van der Waals surface area contributed by atoms with Gasteiger partial charge in [0.2, 0.25) is 11.8 Å². The number of hydrogen-bond donors (Lipinski definition) is 2. The minimum Gasteiger partial charge on any atom is -0.491 e. The van der Waals surface area contributed by atoms with Crippen molar-refractivity contribution in [2.45, 2.75) is 46.3 Å². The Kier molecular flexibility index (Phi) is 6.72. The Balaban J connectivity index is 2.64. The van der Waals surface area contributed by atoms with Crippen LogP contribution in [0.2, 0.25) is 0 Å². The molecule has 1 aromatic rings. The van der Waals surface area contributed by atoms with E-state index in [0.29, 0.717) is 12.3 Å². The number of carbonyl (C=O) groups is 2. The van der Waals surface area contributed by atoms with Crippen LogP contribution in [0.15, 0.2) is 24.3 Å². The molecule has 1 aromatic carbocycles. The second-order valence-electron chi connectivity index (χ2n) is 5.13. The van der Waals surface area contributed by atoms with E-state index in [-0.39, 0.29) is 24.3 Å². The first kappa shape index (κ1) is 17.0. The summed E-state index contributed by atoms with van der Waals surface area (Å²) < 4.78 is 5.68. The first-order valence-corrected chi connectivity index (χ1v) is 7.25. The number of benzene rings is 1. The van der Waals surface area contributed by atoms with E-state index in [1.54, 1.807) is 6.92 Å². The molecule has 0 radical (unpaired) electrons. The highest BCUT2D eigenvalue weighted by atomic mass is 16.5. The molecule has 0 unspecified atom stereocenters. The maximum atomic E-state index is 12.0. The van der Waals surface area contributed by atoms with Gasteiger partial charge < -0.3 is 15.4 Å². The van der Waals surface area contributed by atoms with Gasteiger partial charge in [0.15, 0.2) is 0 Å². The zero-order chi connectivity index (χ0) is 15.8. The van der Waals surface area contributed by atoms with Crippen LogP contribution in [0.25, 0.3) is 0 Å². The zero-order valence-electron chi connectivity index (χ0n) is 13.1. The Morgan fingerprint density at radius 3 is 2.48 bits per heavy atom. The van der Waals surface area contributed by atoms with Gasteiger partial charge in [-0.15, -0.1) is 0 Å². The van der Waals surface area contributed by atoms with Crippen molar-refractivity contribution in [2.24, 2.45) is 0 Å². The van der Waals surface area contributed by atoms with Crippen molar-refractivity contribution in [3.8, 4) is 5.75 Å². The van der Waals surface area contributed by atoms with Crippen LogP contribution in [0.3, 0.4) is 0 Å². The maximum Gasteiger partial charge on any atom is 0.242 e. The fourth-order valence-corrected chi connectivity index (χ4v) is 1.88. The number of hydrogen-bond acceptors (Lipinski definition) is 3. The second kappa shape index (κ2) is 8.29. The molecule has 2 N–H and O–H groups in total. The molecule has 116 valence electrons. The number of likely N-dealkylation sites (N-methyl/N-ethyl adjacent to an activating group) is 1. The molecule has 21 heavy (non-hydrogen) atoms. The Labute approximate surface area is 126 Å². The van der Waals surface area contributed by atoms with E-state index in [0.717, 1.165) is 5.56 Å². The molecule has 0 bridgehead atoms. The quantitative estimate of drug-likeness (QED) is 0.803. The summed E-state index contributed by atoms with van der Waals surface area (Å²) in [5, 5.41) is 5.36. The fraction of sp³-hybridized carbons (Fsp3) is 0.500. The number of carbonyl (C=O) groups excluding carboxylic acids is 2. The number of para-hydroxylation sites is 1. The Morgan fingerprint density at radius 1 is 1.19 bits per heavy atom. The van der Waals surface area contributed by atoms with E-state index in [1.807, 2.05) is 45.0 Å². The smallest absolute Gasteiger partial charge is 0.242 e. The van der Waals surface area contributed by atoms with Gasteiger partial charge in [-0.2, -0.15) is 0 Å². The molecule has 0 saturated heterocycles. The molecule has 1 rings (SSSR count). The Morgan fingerprint density at radius 2 is 1.86 bits per heavy atom. The molecule has 1 atom stereocenters. The Bertz CT molecular complexity index is 486. The van der Waals surface area contributed by atoms with Crippen LogP contribution in [0.4, 0.5) is 0 Å². The predicted molar refractivity (Wildman–Crippen MR) is 82.2 cm³/mol. The number of ether oxygens (including phenoxy) is 1. The lowest BCUT2D eigenvalue weighted by Crippen LogP contribution is -2.45. The van der Waals surface area contributed by atoms with Gasteiger partial charge in [-0.3, -0.25) is 9.59 Å². The highest BCUT2D eigenvalue weighted by molar-refractivity contribution is 5.88. The molecule has 0 aliphatic heterocycles. The van der Waals surface area contributed by atoms with Gasteiger partial charge in [0, 0.05) is 12.1 Å². The molecule has 5 nitrogen and oxygen atoms in total. The van der Waals surface area contributed by atoms with Crippen LogP contribution in [0.5, 0.6) is 5.75 Å². The van der Waals surface area contributed by atoms with Crippen LogP contribution in [-0.2, 0) is 16.0 Å². The highest BCUT2D eigenvalue weighted by Gasteiger charge is 2.16. The average molecular weight is 292 g/mol. The topological polar surface area (TPSA) is 67.4 Å². The highest BCUT2D eigenvalue weighted by Crippen LogP contribution is 2.19. The van der Waals surface area contributed by atoms with Crippen molar-refractivity contribution in [1.82, 2.24) is 10.6 Å². The number of amides is 2. The van der Waals surface area contributed by atoms with Crippen molar-refractivity contribution in [3.63, 3.8) is 0 Å². The van der Waals surface area contributed by atoms with Gasteiger partial charge in [0.25, 0.3) is 0 Å². The van der Waals surface area contributed by atoms with E-state index in [4.69, 9.17) is 4.74 Å². The summed E-state index contributed by atoms with van der Waals surface area (Å²) in [6.07, 6.45) is 0.232. The summed E-state index contributed by atoms with van der Waals surface area (Å²) in [7, 11) is 0. The van der Waals surface area contributed by atoms with Gasteiger partial charge in [0.1, 0.15) is 11.8 Å². The van der Waals surface area contributed by atoms with E-state index < -0.39 is 6.04 Å². The van der Waals surface area contributed by atoms with Gasteiger partial charge in [-0.05, 0) is 33.8 Å². The third kappa shape index (κ3) is 5.85. The largest absolute Gasteiger partial charge is 0.491 e. The number of rotatable bonds is 7. The van der Waals surface area contributed by atoms with E-state index in [9.17, 15) is 9.59 Å². The van der Waals surface area contributed by atoms with Gasteiger partial charge in [-0.1, -0.05) is 18.2 Å². The van der Waals surface area contributed by atoms with Crippen molar-refractivity contribution < 1.29 is 14.3 Å². The molecule has 0 heterocycles. The van der Waals surface area contributed by atoms with Gasteiger partial charge in [0.05, 0.1) is 12.5 Å². The third-order valence-corrected chi connectivity index (χ3v) is 2.81. The normalized spacial score (nSPS) is 11.9. The number of nitrogens with one attached hydrogen (secondary N) is 2. The van der Waals surface area contributed by atoms with Gasteiger partial charge >= 0.3 is 0 Å². The molecular weight excluding hydrogens is 268 g/mol. The molecule has 0 aliphatic rings. The Hall–Kier alpha value is -2.04. The zero-order valence-corrected chi connectivity index (χ0v) is 13.1. The third-order valence-electron chi connectivity index (χ3n) is 2.81. The molecule has 5 heteroatoms.